The highest BCUT2D eigenvalue weighted by Crippen LogP contribution is 2.14. The quantitative estimate of drug-likeness (QED) is 0.886. The second kappa shape index (κ2) is 7.70. The lowest BCUT2D eigenvalue weighted by Crippen LogP contribution is -2.23. The number of nitrogens with one attached hydrogen (secondary N) is 1. The van der Waals surface area contributed by atoms with Gasteiger partial charge in [0, 0.05) is 45.8 Å². The fraction of sp³-hybridized carbons (Fsp3) is 0.250. The Morgan fingerprint density at radius 2 is 2.00 bits per heavy atom. The van der Waals surface area contributed by atoms with Crippen molar-refractivity contribution in [3.8, 4) is 5.88 Å². The molecule has 6 heteroatoms. The van der Waals surface area contributed by atoms with Gasteiger partial charge in [-0.15, -0.1) is 0 Å². The van der Waals surface area contributed by atoms with Crippen molar-refractivity contribution in [2.45, 2.75) is 18.4 Å². The lowest BCUT2D eigenvalue weighted by atomic mass is 10.2. The molecule has 1 N–H and O–H groups in total. The Bertz CT molecular complexity index is 671. The van der Waals surface area contributed by atoms with Gasteiger partial charge in [0.2, 0.25) is 5.88 Å². The van der Waals surface area contributed by atoms with Gasteiger partial charge < -0.3 is 10.1 Å². The minimum absolute atomic E-state index is 0.195. The molecule has 116 valence electrons. The first-order valence-corrected chi connectivity index (χ1v) is 8.46. The highest BCUT2D eigenvalue weighted by Gasteiger charge is 2.09. The molecular weight excluding hydrogens is 300 g/mol. The van der Waals surface area contributed by atoms with Crippen molar-refractivity contribution in [2.24, 2.45) is 0 Å². The maximum absolute atomic E-state index is 12.1. The summed E-state index contributed by atoms with van der Waals surface area (Å²) in [5, 5.41) is 2.83. The standard InChI is InChI=1S/C16H18N2O3S/c1-3-21-16-13(5-4-10-17-16)11-18-15(19)12-6-8-14(9-7-12)22(2)20/h4-10H,3,11H2,1-2H3,(H,18,19)/t22-/m1/s1. The minimum atomic E-state index is -1.05. The highest BCUT2D eigenvalue weighted by atomic mass is 32.2. The summed E-state index contributed by atoms with van der Waals surface area (Å²) in [6, 6.07) is 10.4. The van der Waals surface area contributed by atoms with Crippen LogP contribution in [-0.2, 0) is 17.3 Å². The zero-order valence-electron chi connectivity index (χ0n) is 12.5. The molecule has 1 aromatic carbocycles. The van der Waals surface area contributed by atoms with Gasteiger partial charge in [0.15, 0.2) is 0 Å². The molecule has 0 unspecified atom stereocenters. The Balaban J connectivity index is 2.02. The number of ether oxygens (including phenoxy) is 1. The molecule has 0 spiro atoms. The number of carbonyl (C=O) groups is 1. The van der Waals surface area contributed by atoms with Crippen molar-refractivity contribution in [1.29, 1.82) is 0 Å². The molecular formula is C16H18N2O3S. The molecule has 5 nitrogen and oxygen atoms in total. The molecule has 0 aliphatic carbocycles. The molecule has 2 aromatic rings. The predicted octanol–water partition coefficient (Wildman–Crippen LogP) is 2.15. The number of aromatic nitrogens is 1. The number of nitrogens with zero attached hydrogens (tertiary/aromatic N) is 1. The van der Waals surface area contributed by atoms with Crippen molar-refractivity contribution in [2.75, 3.05) is 12.9 Å². The Hall–Kier alpha value is -2.21. The second-order valence-electron chi connectivity index (χ2n) is 4.56. The van der Waals surface area contributed by atoms with Crippen LogP contribution in [0.3, 0.4) is 0 Å². The summed E-state index contributed by atoms with van der Waals surface area (Å²) in [7, 11) is -1.05. The van der Waals surface area contributed by atoms with Crippen molar-refractivity contribution in [3.63, 3.8) is 0 Å². The van der Waals surface area contributed by atoms with Crippen LogP contribution in [0.2, 0.25) is 0 Å². The van der Waals surface area contributed by atoms with Crippen LogP contribution < -0.4 is 10.1 Å². The molecule has 0 fully saturated rings. The number of benzene rings is 1. The van der Waals surface area contributed by atoms with Crippen LogP contribution in [0.25, 0.3) is 0 Å². The van der Waals surface area contributed by atoms with Gasteiger partial charge in [-0.25, -0.2) is 4.98 Å². The first kappa shape index (κ1) is 16.2. The van der Waals surface area contributed by atoms with Gasteiger partial charge in [-0.2, -0.15) is 0 Å². The lowest BCUT2D eigenvalue weighted by Gasteiger charge is -2.10. The SMILES string of the molecule is CCOc1ncccc1CNC(=O)c1ccc([S@@](C)=O)cc1. The third-order valence-electron chi connectivity index (χ3n) is 3.02. The van der Waals surface area contributed by atoms with E-state index in [0.29, 0.717) is 29.5 Å². The maximum Gasteiger partial charge on any atom is 0.251 e. The smallest absolute Gasteiger partial charge is 0.251 e. The zero-order chi connectivity index (χ0) is 15.9. The lowest BCUT2D eigenvalue weighted by molar-refractivity contribution is 0.0950. The fourth-order valence-electron chi connectivity index (χ4n) is 1.90. The fourth-order valence-corrected chi connectivity index (χ4v) is 2.42. The summed E-state index contributed by atoms with van der Waals surface area (Å²) >= 11 is 0. The predicted molar refractivity (Wildman–Crippen MR) is 85.4 cm³/mol. The molecule has 0 saturated heterocycles. The van der Waals surface area contributed by atoms with Crippen LogP contribution in [0.15, 0.2) is 47.5 Å². The summed E-state index contributed by atoms with van der Waals surface area (Å²) in [4.78, 5) is 17.0. The molecule has 1 atom stereocenters. The van der Waals surface area contributed by atoms with E-state index >= 15 is 0 Å². The maximum atomic E-state index is 12.1. The van der Waals surface area contributed by atoms with Crippen LogP contribution in [0.1, 0.15) is 22.8 Å². The monoisotopic (exact) mass is 318 g/mol. The Morgan fingerprint density at radius 3 is 2.64 bits per heavy atom. The zero-order valence-corrected chi connectivity index (χ0v) is 13.4. The van der Waals surface area contributed by atoms with Crippen molar-refractivity contribution in [3.05, 3.63) is 53.7 Å². The summed E-state index contributed by atoms with van der Waals surface area (Å²) in [6.07, 6.45) is 3.26. The van der Waals surface area contributed by atoms with Crippen molar-refractivity contribution < 1.29 is 13.7 Å². The van der Waals surface area contributed by atoms with Gasteiger partial charge >= 0.3 is 0 Å². The molecule has 0 radical (unpaired) electrons. The summed E-state index contributed by atoms with van der Waals surface area (Å²) in [6.45, 7) is 2.74. The number of hydrogen-bond acceptors (Lipinski definition) is 4. The number of amides is 1. The largest absolute Gasteiger partial charge is 0.478 e. The van der Waals surface area contributed by atoms with Crippen molar-refractivity contribution >= 4 is 16.7 Å². The highest BCUT2D eigenvalue weighted by molar-refractivity contribution is 7.84. The summed E-state index contributed by atoms with van der Waals surface area (Å²) in [5.74, 6) is 0.335. The molecule has 0 aliphatic rings. The van der Waals surface area contributed by atoms with Crippen LogP contribution in [0.4, 0.5) is 0 Å². The van der Waals surface area contributed by atoms with Crippen LogP contribution in [0.5, 0.6) is 5.88 Å². The van der Waals surface area contributed by atoms with E-state index in [9.17, 15) is 9.00 Å². The number of rotatable bonds is 6. The van der Waals surface area contributed by atoms with Crippen LogP contribution >= 0.6 is 0 Å². The van der Waals surface area contributed by atoms with Gasteiger partial charge in [0.25, 0.3) is 5.91 Å². The first-order valence-electron chi connectivity index (χ1n) is 6.90. The van der Waals surface area contributed by atoms with Gasteiger partial charge in [0.05, 0.1) is 6.61 Å². The van der Waals surface area contributed by atoms with E-state index in [1.165, 1.54) is 0 Å². The average Bonchev–Trinajstić information content (AvgIpc) is 2.54. The van der Waals surface area contributed by atoms with E-state index in [1.807, 2.05) is 13.0 Å². The Kier molecular flexibility index (Phi) is 5.66. The van der Waals surface area contributed by atoms with E-state index in [1.54, 1.807) is 42.8 Å². The third kappa shape index (κ3) is 4.14. The minimum Gasteiger partial charge on any atom is -0.478 e. The first-order chi connectivity index (χ1) is 10.6. The molecule has 1 heterocycles. The summed E-state index contributed by atoms with van der Waals surface area (Å²) < 4.78 is 16.7. The molecule has 1 aromatic heterocycles. The van der Waals surface area contributed by atoms with Crippen LogP contribution in [0, 0.1) is 0 Å². The Morgan fingerprint density at radius 1 is 1.27 bits per heavy atom. The second-order valence-corrected chi connectivity index (χ2v) is 5.94. The normalized spacial score (nSPS) is 11.7. The van der Waals surface area contributed by atoms with Crippen molar-refractivity contribution in [1.82, 2.24) is 10.3 Å². The Labute approximate surface area is 132 Å². The molecule has 2 rings (SSSR count). The van der Waals surface area contributed by atoms with E-state index in [2.05, 4.69) is 10.3 Å². The number of hydrogen-bond donors (Lipinski definition) is 1. The van der Waals surface area contributed by atoms with Gasteiger partial charge in [0.1, 0.15) is 0 Å². The van der Waals surface area contributed by atoms with Crippen LogP contribution in [-0.4, -0.2) is 28.0 Å². The molecule has 1 amide bonds. The molecule has 0 saturated carbocycles. The van der Waals surface area contributed by atoms with E-state index in [4.69, 9.17) is 4.74 Å². The van der Waals surface area contributed by atoms with E-state index in [-0.39, 0.29) is 5.91 Å². The van der Waals surface area contributed by atoms with E-state index in [0.717, 1.165) is 5.56 Å². The number of carbonyl (C=O) groups excluding carboxylic acids is 1. The topological polar surface area (TPSA) is 68.3 Å². The molecule has 0 aliphatic heterocycles. The van der Waals surface area contributed by atoms with Gasteiger partial charge in [-0.05, 0) is 37.3 Å². The molecule has 0 bridgehead atoms. The van der Waals surface area contributed by atoms with E-state index < -0.39 is 10.8 Å². The number of pyridine rings is 1. The molecule has 22 heavy (non-hydrogen) atoms. The average molecular weight is 318 g/mol. The van der Waals surface area contributed by atoms with Gasteiger partial charge in [-0.1, -0.05) is 6.07 Å². The van der Waals surface area contributed by atoms with Gasteiger partial charge in [-0.3, -0.25) is 9.00 Å². The third-order valence-corrected chi connectivity index (χ3v) is 3.95. The summed E-state index contributed by atoms with van der Waals surface area (Å²) in [5.41, 5.74) is 1.35.